The summed E-state index contributed by atoms with van der Waals surface area (Å²) in [5.74, 6) is 0. The average Bonchev–Trinajstić information content (AvgIpc) is 2.25. The summed E-state index contributed by atoms with van der Waals surface area (Å²) < 4.78 is 0. The molecule has 0 aliphatic rings. The van der Waals surface area contributed by atoms with Gasteiger partial charge in [0.15, 0.2) is 0 Å². The van der Waals surface area contributed by atoms with Crippen molar-refractivity contribution in [1.82, 2.24) is 0 Å². The Morgan fingerprint density at radius 2 is 1.73 bits per heavy atom. The molecule has 0 saturated heterocycles. The number of hydrogen-bond acceptors (Lipinski definition) is 1. The van der Waals surface area contributed by atoms with Gasteiger partial charge in [-0.2, -0.15) is 0 Å². The second-order valence-corrected chi connectivity index (χ2v) is 3.96. The monoisotopic (exact) mass is 217 g/mol. The van der Waals surface area contributed by atoms with Crippen LogP contribution in [0, 0.1) is 6.92 Å². The third-order valence-electron chi connectivity index (χ3n) is 2.44. The van der Waals surface area contributed by atoms with Crippen LogP contribution >= 0.6 is 11.6 Å². The lowest BCUT2D eigenvalue weighted by Crippen LogP contribution is -1.90. The molecule has 0 aliphatic heterocycles. The van der Waals surface area contributed by atoms with Crippen LogP contribution in [0.3, 0.4) is 0 Å². The van der Waals surface area contributed by atoms with Crippen LogP contribution < -0.4 is 5.73 Å². The van der Waals surface area contributed by atoms with E-state index < -0.39 is 0 Å². The lowest BCUT2D eigenvalue weighted by Gasteiger charge is -2.08. The Bertz CT molecular complexity index is 477. The van der Waals surface area contributed by atoms with Crippen molar-refractivity contribution in [3.8, 4) is 11.1 Å². The van der Waals surface area contributed by atoms with Crippen LogP contribution in [0.5, 0.6) is 0 Å². The highest BCUT2D eigenvalue weighted by Crippen LogP contribution is 2.31. The predicted octanol–water partition coefficient (Wildman–Crippen LogP) is 3.90. The van der Waals surface area contributed by atoms with Gasteiger partial charge in [0.25, 0.3) is 0 Å². The highest BCUT2D eigenvalue weighted by Gasteiger charge is 2.05. The van der Waals surface area contributed by atoms with Gasteiger partial charge in [0.2, 0.25) is 0 Å². The van der Waals surface area contributed by atoms with E-state index in [0.29, 0.717) is 5.02 Å². The summed E-state index contributed by atoms with van der Waals surface area (Å²) in [5, 5.41) is 0.698. The molecule has 0 atom stereocenters. The molecule has 2 N–H and O–H groups in total. The van der Waals surface area contributed by atoms with Crippen LogP contribution in [-0.2, 0) is 0 Å². The molecular weight excluding hydrogens is 206 g/mol. The molecule has 0 unspecified atom stereocenters. The fourth-order valence-electron chi connectivity index (χ4n) is 1.54. The van der Waals surface area contributed by atoms with E-state index in [1.807, 2.05) is 43.3 Å². The van der Waals surface area contributed by atoms with E-state index in [-0.39, 0.29) is 0 Å². The van der Waals surface area contributed by atoms with Crippen molar-refractivity contribution in [2.75, 3.05) is 5.73 Å². The van der Waals surface area contributed by atoms with Crippen molar-refractivity contribution in [1.29, 1.82) is 0 Å². The third-order valence-corrected chi connectivity index (χ3v) is 2.75. The quantitative estimate of drug-likeness (QED) is 0.721. The normalized spacial score (nSPS) is 10.3. The summed E-state index contributed by atoms with van der Waals surface area (Å²) in [6.45, 7) is 1.98. The smallest absolute Gasteiger partial charge is 0.0505 e. The first-order valence-corrected chi connectivity index (χ1v) is 5.17. The van der Waals surface area contributed by atoms with Gasteiger partial charge in [-0.05, 0) is 30.2 Å². The molecule has 0 radical (unpaired) electrons. The van der Waals surface area contributed by atoms with Crippen molar-refractivity contribution in [2.45, 2.75) is 6.92 Å². The summed E-state index contributed by atoms with van der Waals surface area (Å²) >= 11 is 6.16. The molecular formula is C13H12ClN. The number of nitrogen functional groups attached to an aromatic ring is 1. The van der Waals surface area contributed by atoms with E-state index in [9.17, 15) is 0 Å². The molecule has 76 valence electrons. The minimum Gasteiger partial charge on any atom is -0.398 e. The van der Waals surface area contributed by atoms with Gasteiger partial charge in [-0.25, -0.2) is 0 Å². The standard InChI is InChI=1S/C13H12ClN/c1-9-7-11(12(14)8-13(9)15)10-5-3-2-4-6-10/h2-8H,15H2,1H3. The van der Waals surface area contributed by atoms with Crippen LogP contribution in [0.2, 0.25) is 5.02 Å². The second kappa shape index (κ2) is 3.95. The highest BCUT2D eigenvalue weighted by atomic mass is 35.5. The van der Waals surface area contributed by atoms with Crippen molar-refractivity contribution >= 4 is 17.3 Å². The van der Waals surface area contributed by atoms with Gasteiger partial charge in [0.1, 0.15) is 0 Å². The Hall–Kier alpha value is -1.47. The van der Waals surface area contributed by atoms with E-state index >= 15 is 0 Å². The van der Waals surface area contributed by atoms with Gasteiger partial charge in [0.05, 0.1) is 5.02 Å². The number of halogens is 1. The molecule has 0 saturated carbocycles. The first kappa shape index (κ1) is 10.1. The van der Waals surface area contributed by atoms with Crippen molar-refractivity contribution in [3.05, 3.63) is 53.1 Å². The lowest BCUT2D eigenvalue weighted by atomic mass is 10.0. The Labute approximate surface area is 94.5 Å². The molecule has 0 spiro atoms. The Morgan fingerprint density at radius 3 is 2.40 bits per heavy atom. The number of anilines is 1. The van der Waals surface area contributed by atoms with E-state index in [2.05, 4.69) is 0 Å². The van der Waals surface area contributed by atoms with Gasteiger partial charge in [-0.3, -0.25) is 0 Å². The topological polar surface area (TPSA) is 26.0 Å². The SMILES string of the molecule is Cc1cc(-c2ccccc2)c(Cl)cc1N. The molecule has 2 heteroatoms. The van der Waals surface area contributed by atoms with E-state index in [0.717, 1.165) is 22.4 Å². The summed E-state index contributed by atoms with van der Waals surface area (Å²) in [4.78, 5) is 0. The van der Waals surface area contributed by atoms with E-state index in [4.69, 9.17) is 17.3 Å². The van der Waals surface area contributed by atoms with Gasteiger partial charge in [0, 0.05) is 11.3 Å². The maximum Gasteiger partial charge on any atom is 0.0505 e. The summed E-state index contributed by atoms with van der Waals surface area (Å²) in [6.07, 6.45) is 0. The number of benzene rings is 2. The molecule has 0 fully saturated rings. The van der Waals surface area contributed by atoms with Crippen LogP contribution in [-0.4, -0.2) is 0 Å². The first-order valence-electron chi connectivity index (χ1n) is 4.79. The maximum atomic E-state index is 6.16. The molecule has 0 heterocycles. The summed E-state index contributed by atoms with van der Waals surface area (Å²) in [5.41, 5.74) is 9.72. The maximum absolute atomic E-state index is 6.16. The second-order valence-electron chi connectivity index (χ2n) is 3.55. The third kappa shape index (κ3) is 1.97. The predicted molar refractivity (Wildman–Crippen MR) is 66.0 cm³/mol. The molecule has 2 aromatic rings. The fourth-order valence-corrected chi connectivity index (χ4v) is 1.82. The molecule has 1 nitrogen and oxygen atoms in total. The fraction of sp³-hybridized carbons (Fsp3) is 0.0769. The Morgan fingerprint density at radius 1 is 1.07 bits per heavy atom. The van der Waals surface area contributed by atoms with E-state index in [1.54, 1.807) is 6.07 Å². The van der Waals surface area contributed by atoms with Crippen LogP contribution in [0.25, 0.3) is 11.1 Å². The average molecular weight is 218 g/mol. The van der Waals surface area contributed by atoms with Gasteiger partial charge in [-0.15, -0.1) is 0 Å². The zero-order chi connectivity index (χ0) is 10.8. The zero-order valence-electron chi connectivity index (χ0n) is 8.50. The number of hydrogen-bond donors (Lipinski definition) is 1. The number of aryl methyl sites for hydroxylation is 1. The molecule has 2 aromatic carbocycles. The van der Waals surface area contributed by atoms with Crippen LogP contribution in [0.15, 0.2) is 42.5 Å². The first-order chi connectivity index (χ1) is 7.18. The molecule has 0 aromatic heterocycles. The Kier molecular flexibility index (Phi) is 2.65. The largest absolute Gasteiger partial charge is 0.398 e. The van der Waals surface area contributed by atoms with Crippen LogP contribution in [0.4, 0.5) is 5.69 Å². The molecule has 15 heavy (non-hydrogen) atoms. The van der Waals surface area contributed by atoms with Crippen molar-refractivity contribution in [3.63, 3.8) is 0 Å². The summed E-state index contributed by atoms with van der Waals surface area (Å²) in [6, 6.07) is 13.9. The molecule has 0 amide bonds. The van der Waals surface area contributed by atoms with E-state index in [1.165, 1.54) is 0 Å². The Balaban J connectivity index is 2.59. The highest BCUT2D eigenvalue weighted by molar-refractivity contribution is 6.33. The molecule has 2 rings (SSSR count). The zero-order valence-corrected chi connectivity index (χ0v) is 9.25. The molecule has 0 aliphatic carbocycles. The number of nitrogens with two attached hydrogens (primary N) is 1. The van der Waals surface area contributed by atoms with Gasteiger partial charge < -0.3 is 5.73 Å². The molecule has 0 bridgehead atoms. The van der Waals surface area contributed by atoms with Crippen LogP contribution in [0.1, 0.15) is 5.56 Å². The van der Waals surface area contributed by atoms with Gasteiger partial charge >= 0.3 is 0 Å². The lowest BCUT2D eigenvalue weighted by molar-refractivity contribution is 1.46. The van der Waals surface area contributed by atoms with Crippen molar-refractivity contribution < 1.29 is 0 Å². The van der Waals surface area contributed by atoms with Crippen molar-refractivity contribution in [2.24, 2.45) is 0 Å². The minimum absolute atomic E-state index is 0.698. The number of rotatable bonds is 1. The van der Waals surface area contributed by atoms with Gasteiger partial charge in [-0.1, -0.05) is 41.9 Å². The minimum atomic E-state index is 0.698. The summed E-state index contributed by atoms with van der Waals surface area (Å²) in [7, 11) is 0.